The molecule has 102 valence electrons. The number of nitrogens with zero attached hydrogens (tertiary/aromatic N) is 2. The molecule has 2 aliphatic heterocycles. The molecule has 3 rings (SSSR count). The van der Waals surface area contributed by atoms with Crippen LogP contribution in [0.25, 0.3) is 0 Å². The number of carbonyl (C=O) groups is 1. The number of hydrogen-bond donors (Lipinski definition) is 1. The van der Waals surface area contributed by atoms with E-state index in [1.54, 1.807) is 12.4 Å². The van der Waals surface area contributed by atoms with Crippen molar-refractivity contribution >= 4 is 5.91 Å². The first kappa shape index (κ1) is 12.6. The number of rotatable bonds is 2. The first-order valence-corrected chi connectivity index (χ1v) is 7.14. The molecular formula is C15H21N3O. The van der Waals surface area contributed by atoms with Crippen LogP contribution in [-0.4, -0.2) is 41.5 Å². The SMILES string of the molecule is CCC1C2CNCC2CN1C(=O)c1cncc(C)c1. The maximum atomic E-state index is 12.7. The standard InChI is InChI=1S/C15H21N3O/c1-3-14-13-8-17-7-12(13)9-18(14)15(19)11-4-10(2)5-16-6-11/h4-6,12-14,17H,3,7-9H2,1-2H3. The van der Waals surface area contributed by atoms with Gasteiger partial charge in [0, 0.05) is 38.1 Å². The maximum Gasteiger partial charge on any atom is 0.255 e. The Morgan fingerprint density at radius 2 is 2.32 bits per heavy atom. The van der Waals surface area contributed by atoms with Crippen LogP contribution in [-0.2, 0) is 0 Å². The molecule has 0 radical (unpaired) electrons. The normalized spacial score (nSPS) is 29.6. The van der Waals surface area contributed by atoms with Crippen LogP contribution in [0.2, 0.25) is 0 Å². The molecule has 1 amide bonds. The van der Waals surface area contributed by atoms with Gasteiger partial charge in [-0.15, -0.1) is 0 Å². The Balaban J connectivity index is 1.84. The number of amides is 1. The van der Waals surface area contributed by atoms with Gasteiger partial charge in [-0.3, -0.25) is 9.78 Å². The van der Waals surface area contributed by atoms with Crippen LogP contribution in [0.4, 0.5) is 0 Å². The third-order valence-electron chi connectivity index (χ3n) is 4.52. The monoisotopic (exact) mass is 259 g/mol. The summed E-state index contributed by atoms with van der Waals surface area (Å²) in [6.07, 6.45) is 4.51. The van der Waals surface area contributed by atoms with Crippen LogP contribution in [0.1, 0.15) is 29.3 Å². The molecule has 2 aliphatic rings. The average molecular weight is 259 g/mol. The molecule has 0 aromatic carbocycles. The molecular weight excluding hydrogens is 238 g/mol. The zero-order valence-electron chi connectivity index (χ0n) is 11.6. The molecule has 2 fully saturated rings. The predicted octanol–water partition coefficient (Wildman–Crippen LogP) is 1.46. The Morgan fingerprint density at radius 3 is 3.05 bits per heavy atom. The molecule has 4 heteroatoms. The number of aromatic nitrogens is 1. The van der Waals surface area contributed by atoms with Gasteiger partial charge in [0.1, 0.15) is 0 Å². The van der Waals surface area contributed by atoms with Gasteiger partial charge >= 0.3 is 0 Å². The van der Waals surface area contributed by atoms with Crippen LogP contribution in [0.15, 0.2) is 18.5 Å². The molecule has 3 unspecified atom stereocenters. The van der Waals surface area contributed by atoms with Crippen LogP contribution in [0, 0.1) is 18.8 Å². The van der Waals surface area contributed by atoms with E-state index in [1.165, 1.54) is 0 Å². The van der Waals surface area contributed by atoms with E-state index in [9.17, 15) is 4.79 Å². The Hall–Kier alpha value is -1.42. The summed E-state index contributed by atoms with van der Waals surface area (Å²) in [5.41, 5.74) is 1.77. The largest absolute Gasteiger partial charge is 0.335 e. The number of nitrogens with one attached hydrogen (secondary N) is 1. The van der Waals surface area contributed by atoms with Gasteiger partial charge in [-0.1, -0.05) is 6.92 Å². The summed E-state index contributed by atoms with van der Waals surface area (Å²) in [5, 5.41) is 3.45. The van der Waals surface area contributed by atoms with Crippen molar-refractivity contribution in [3.8, 4) is 0 Å². The van der Waals surface area contributed by atoms with Crippen LogP contribution >= 0.6 is 0 Å². The molecule has 1 N–H and O–H groups in total. The minimum atomic E-state index is 0.150. The van der Waals surface area contributed by atoms with Crippen molar-refractivity contribution in [3.63, 3.8) is 0 Å². The first-order chi connectivity index (χ1) is 9.20. The number of aryl methyl sites for hydroxylation is 1. The molecule has 0 spiro atoms. The summed E-state index contributed by atoms with van der Waals surface area (Å²) >= 11 is 0. The highest BCUT2D eigenvalue weighted by Crippen LogP contribution is 2.35. The van der Waals surface area contributed by atoms with Crippen molar-refractivity contribution in [2.24, 2.45) is 11.8 Å². The van der Waals surface area contributed by atoms with Gasteiger partial charge in [-0.05, 0) is 36.8 Å². The molecule has 0 saturated carbocycles. The Bertz CT molecular complexity index is 488. The van der Waals surface area contributed by atoms with Gasteiger partial charge in [0.2, 0.25) is 0 Å². The van der Waals surface area contributed by atoms with Crippen LogP contribution in [0.3, 0.4) is 0 Å². The fourth-order valence-electron chi connectivity index (χ4n) is 3.62. The van der Waals surface area contributed by atoms with Gasteiger partial charge in [0.25, 0.3) is 5.91 Å². The van der Waals surface area contributed by atoms with Crippen molar-refractivity contribution in [1.82, 2.24) is 15.2 Å². The summed E-state index contributed by atoms with van der Waals surface area (Å²) in [4.78, 5) is 18.9. The minimum absolute atomic E-state index is 0.150. The minimum Gasteiger partial charge on any atom is -0.335 e. The van der Waals surface area contributed by atoms with Gasteiger partial charge in [-0.2, -0.15) is 0 Å². The number of likely N-dealkylation sites (tertiary alicyclic amines) is 1. The second-order valence-electron chi connectivity index (χ2n) is 5.77. The topological polar surface area (TPSA) is 45.2 Å². The lowest BCUT2D eigenvalue weighted by molar-refractivity contribution is 0.0711. The fraction of sp³-hybridized carbons (Fsp3) is 0.600. The summed E-state index contributed by atoms with van der Waals surface area (Å²) in [5.74, 6) is 1.41. The lowest BCUT2D eigenvalue weighted by Crippen LogP contribution is -2.39. The van der Waals surface area contributed by atoms with Crippen molar-refractivity contribution in [1.29, 1.82) is 0 Å². The highest BCUT2D eigenvalue weighted by molar-refractivity contribution is 5.94. The van der Waals surface area contributed by atoms with E-state index < -0.39 is 0 Å². The first-order valence-electron chi connectivity index (χ1n) is 7.14. The summed E-state index contributed by atoms with van der Waals surface area (Å²) in [6, 6.07) is 2.32. The zero-order valence-corrected chi connectivity index (χ0v) is 11.6. The molecule has 3 atom stereocenters. The summed E-state index contributed by atoms with van der Waals surface area (Å²) in [6.45, 7) is 7.16. The van der Waals surface area contributed by atoms with Crippen molar-refractivity contribution < 1.29 is 4.79 Å². The molecule has 0 bridgehead atoms. The number of carbonyl (C=O) groups excluding carboxylic acids is 1. The lowest BCUT2D eigenvalue weighted by Gasteiger charge is -2.27. The molecule has 1 aromatic heterocycles. The van der Waals surface area contributed by atoms with Crippen molar-refractivity contribution in [2.75, 3.05) is 19.6 Å². The summed E-state index contributed by atoms with van der Waals surface area (Å²) in [7, 11) is 0. The van der Waals surface area contributed by atoms with Gasteiger partial charge in [-0.25, -0.2) is 0 Å². The second kappa shape index (κ2) is 4.93. The van der Waals surface area contributed by atoms with E-state index in [0.717, 1.165) is 37.2 Å². The van der Waals surface area contributed by atoms with E-state index in [0.29, 0.717) is 17.9 Å². The van der Waals surface area contributed by atoms with E-state index in [-0.39, 0.29) is 5.91 Å². The van der Waals surface area contributed by atoms with E-state index in [4.69, 9.17) is 0 Å². The Kier molecular flexibility index (Phi) is 3.27. The van der Waals surface area contributed by atoms with Crippen molar-refractivity contribution in [3.05, 3.63) is 29.6 Å². The zero-order chi connectivity index (χ0) is 13.4. The summed E-state index contributed by atoms with van der Waals surface area (Å²) < 4.78 is 0. The molecule has 0 aliphatic carbocycles. The van der Waals surface area contributed by atoms with Crippen LogP contribution < -0.4 is 5.32 Å². The van der Waals surface area contributed by atoms with Gasteiger partial charge in [0.05, 0.1) is 5.56 Å². The quantitative estimate of drug-likeness (QED) is 0.874. The molecule has 2 saturated heterocycles. The van der Waals surface area contributed by atoms with Crippen molar-refractivity contribution in [2.45, 2.75) is 26.3 Å². The van der Waals surface area contributed by atoms with E-state index >= 15 is 0 Å². The highest BCUT2D eigenvalue weighted by Gasteiger charge is 2.45. The maximum absolute atomic E-state index is 12.7. The molecule has 19 heavy (non-hydrogen) atoms. The fourth-order valence-corrected chi connectivity index (χ4v) is 3.62. The number of pyridine rings is 1. The van der Waals surface area contributed by atoms with Crippen LogP contribution in [0.5, 0.6) is 0 Å². The van der Waals surface area contributed by atoms with Gasteiger partial charge in [0.15, 0.2) is 0 Å². The average Bonchev–Trinajstić information content (AvgIpc) is 2.97. The lowest BCUT2D eigenvalue weighted by atomic mass is 9.93. The second-order valence-corrected chi connectivity index (χ2v) is 5.77. The molecule has 1 aromatic rings. The van der Waals surface area contributed by atoms with E-state index in [2.05, 4.69) is 22.1 Å². The highest BCUT2D eigenvalue weighted by atomic mass is 16.2. The smallest absolute Gasteiger partial charge is 0.255 e. The van der Waals surface area contributed by atoms with Gasteiger partial charge < -0.3 is 10.2 Å². The third-order valence-corrected chi connectivity index (χ3v) is 4.52. The van der Waals surface area contributed by atoms with E-state index in [1.807, 2.05) is 13.0 Å². The molecule has 3 heterocycles. The number of fused-ring (bicyclic) bond motifs is 1. The number of hydrogen-bond acceptors (Lipinski definition) is 3. The molecule has 4 nitrogen and oxygen atoms in total. The Labute approximate surface area is 114 Å². The Morgan fingerprint density at radius 1 is 1.47 bits per heavy atom. The predicted molar refractivity (Wildman–Crippen MR) is 73.9 cm³/mol. The third kappa shape index (κ3) is 2.14.